The minimum atomic E-state index is -0.244. The van der Waals surface area contributed by atoms with E-state index in [4.69, 9.17) is 0 Å². The molecule has 2 rings (SSSR count). The third-order valence-corrected chi connectivity index (χ3v) is 4.96. The van der Waals surface area contributed by atoms with Gasteiger partial charge in [-0.1, -0.05) is 76.3 Å². The molecule has 0 saturated heterocycles. The molecule has 1 heterocycles. The van der Waals surface area contributed by atoms with Gasteiger partial charge in [-0.3, -0.25) is 5.10 Å². The van der Waals surface area contributed by atoms with Crippen molar-refractivity contribution in [2.45, 2.75) is 33.1 Å². The van der Waals surface area contributed by atoms with E-state index in [-0.39, 0.29) is 10.8 Å². The Balaban J connectivity index is 2.51. The summed E-state index contributed by atoms with van der Waals surface area (Å²) in [6.07, 6.45) is 16.7. The lowest BCUT2D eigenvalue weighted by Gasteiger charge is -2.41. The Morgan fingerprint density at radius 2 is 2.14 bits per heavy atom. The molecule has 0 amide bonds. The molecule has 0 aromatic carbocycles. The lowest BCUT2D eigenvalue weighted by atomic mass is 9.61. The van der Waals surface area contributed by atoms with Crippen molar-refractivity contribution >= 4 is 6.08 Å². The first-order valence-corrected chi connectivity index (χ1v) is 7.75. The van der Waals surface area contributed by atoms with Crippen LogP contribution in [0.3, 0.4) is 0 Å². The second kappa shape index (κ2) is 5.96. The number of hydrogen-bond donors (Lipinski definition) is 1. The Labute approximate surface area is 134 Å². The summed E-state index contributed by atoms with van der Waals surface area (Å²) in [6, 6.07) is 0. The van der Waals surface area contributed by atoms with Crippen molar-refractivity contribution in [3.8, 4) is 0 Å². The number of allylic oxidation sites excluding steroid dienone is 7. The number of H-pyrrole nitrogens is 1. The van der Waals surface area contributed by atoms with Crippen molar-refractivity contribution in [3.63, 3.8) is 0 Å². The summed E-state index contributed by atoms with van der Waals surface area (Å²) in [6.45, 7) is 17.0. The first-order valence-electron chi connectivity index (χ1n) is 7.75. The molecule has 1 N–H and O–H groups in total. The van der Waals surface area contributed by atoms with Crippen molar-refractivity contribution < 1.29 is 0 Å². The van der Waals surface area contributed by atoms with Gasteiger partial charge in [0.2, 0.25) is 0 Å². The van der Waals surface area contributed by atoms with E-state index in [0.717, 1.165) is 11.3 Å². The Bertz CT molecular complexity index is 657. The van der Waals surface area contributed by atoms with E-state index in [0.29, 0.717) is 5.92 Å². The van der Waals surface area contributed by atoms with Crippen molar-refractivity contribution in [3.05, 3.63) is 72.6 Å². The number of nitrogens with zero attached hydrogens (tertiary/aromatic N) is 1. The number of rotatable bonds is 5. The maximum atomic E-state index is 4.23. The van der Waals surface area contributed by atoms with Crippen LogP contribution in [0.4, 0.5) is 0 Å². The summed E-state index contributed by atoms with van der Waals surface area (Å²) in [7, 11) is 0. The van der Waals surface area contributed by atoms with E-state index in [1.165, 1.54) is 5.56 Å². The van der Waals surface area contributed by atoms with Crippen LogP contribution in [0.5, 0.6) is 0 Å². The molecule has 0 radical (unpaired) electrons. The summed E-state index contributed by atoms with van der Waals surface area (Å²) in [5, 5.41) is 7.31. The first kappa shape index (κ1) is 16.3. The molecule has 1 aromatic heterocycles. The molecule has 1 aliphatic rings. The van der Waals surface area contributed by atoms with Gasteiger partial charge in [0.1, 0.15) is 0 Å². The molecular weight excluding hydrogens is 268 g/mol. The topological polar surface area (TPSA) is 28.7 Å². The van der Waals surface area contributed by atoms with Gasteiger partial charge in [0.25, 0.3) is 0 Å². The fourth-order valence-corrected chi connectivity index (χ4v) is 2.72. The van der Waals surface area contributed by atoms with Gasteiger partial charge in [0.15, 0.2) is 0 Å². The smallest absolute Gasteiger partial charge is 0.0619 e. The molecular formula is C20H26N2. The molecule has 0 saturated carbocycles. The first-order chi connectivity index (χ1) is 10.3. The highest BCUT2D eigenvalue weighted by atomic mass is 15.1. The molecule has 1 aliphatic carbocycles. The monoisotopic (exact) mass is 294 g/mol. The van der Waals surface area contributed by atoms with Crippen LogP contribution in [0.2, 0.25) is 0 Å². The zero-order valence-corrected chi connectivity index (χ0v) is 14.1. The summed E-state index contributed by atoms with van der Waals surface area (Å²) >= 11 is 0. The largest absolute Gasteiger partial charge is 0.278 e. The Kier molecular flexibility index (Phi) is 4.41. The van der Waals surface area contributed by atoms with Crippen LogP contribution >= 0.6 is 0 Å². The number of nitrogens with one attached hydrogen (secondary N) is 1. The van der Waals surface area contributed by atoms with Crippen LogP contribution in [0.15, 0.2) is 61.4 Å². The molecule has 2 nitrogen and oxygen atoms in total. The molecule has 0 spiro atoms. The summed E-state index contributed by atoms with van der Waals surface area (Å²) in [4.78, 5) is 0. The van der Waals surface area contributed by atoms with Crippen LogP contribution in [-0.4, -0.2) is 10.2 Å². The predicted molar refractivity (Wildman–Crippen MR) is 95.5 cm³/mol. The lowest BCUT2D eigenvalue weighted by Crippen LogP contribution is -2.37. The third-order valence-electron chi connectivity index (χ3n) is 4.96. The summed E-state index contributed by atoms with van der Waals surface area (Å²) in [5.74, 6) is 0.439. The highest BCUT2D eigenvalue weighted by molar-refractivity contribution is 5.58. The molecule has 2 heteroatoms. The SMILES string of the molecule is C=CC(C)(/C=C\C(=C)C(C)C)C1(C)C=CC=Cc2[nH]ncc21. The minimum Gasteiger partial charge on any atom is -0.278 e. The Hall–Kier alpha value is -2.09. The van der Waals surface area contributed by atoms with Crippen molar-refractivity contribution in [2.24, 2.45) is 11.3 Å². The molecule has 2 unspecified atom stereocenters. The van der Waals surface area contributed by atoms with E-state index >= 15 is 0 Å². The number of aromatic nitrogens is 2. The fraction of sp³-hybridized carbons (Fsp3) is 0.350. The summed E-state index contributed by atoms with van der Waals surface area (Å²) < 4.78 is 0. The van der Waals surface area contributed by atoms with Crippen LogP contribution in [0.25, 0.3) is 6.08 Å². The highest BCUT2D eigenvalue weighted by Gasteiger charge is 2.42. The van der Waals surface area contributed by atoms with Crippen molar-refractivity contribution in [1.82, 2.24) is 10.2 Å². The van der Waals surface area contributed by atoms with Gasteiger partial charge in [-0.15, -0.1) is 6.58 Å². The number of hydrogen-bond acceptors (Lipinski definition) is 1. The van der Waals surface area contributed by atoms with Crippen molar-refractivity contribution in [1.29, 1.82) is 0 Å². The normalized spacial score (nSPS) is 23.3. The second-order valence-electron chi connectivity index (χ2n) is 6.67. The van der Waals surface area contributed by atoms with Gasteiger partial charge in [-0.2, -0.15) is 5.10 Å². The maximum absolute atomic E-state index is 4.23. The molecule has 0 aliphatic heterocycles. The third kappa shape index (κ3) is 2.66. The zero-order valence-electron chi connectivity index (χ0n) is 14.1. The molecule has 116 valence electrons. The van der Waals surface area contributed by atoms with Gasteiger partial charge in [0, 0.05) is 16.4 Å². The number of fused-ring (bicyclic) bond motifs is 1. The highest BCUT2D eigenvalue weighted by Crippen LogP contribution is 2.47. The molecule has 22 heavy (non-hydrogen) atoms. The summed E-state index contributed by atoms with van der Waals surface area (Å²) in [5.41, 5.74) is 2.89. The van der Waals surface area contributed by atoms with E-state index < -0.39 is 0 Å². The van der Waals surface area contributed by atoms with Crippen LogP contribution in [-0.2, 0) is 5.41 Å². The molecule has 2 atom stereocenters. The van der Waals surface area contributed by atoms with Crippen molar-refractivity contribution in [2.75, 3.05) is 0 Å². The van der Waals surface area contributed by atoms with Crippen LogP contribution in [0, 0.1) is 11.3 Å². The quantitative estimate of drug-likeness (QED) is 0.586. The predicted octanol–water partition coefficient (Wildman–Crippen LogP) is 5.21. The van der Waals surface area contributed by atoms with Gasteiger partial charge in [-0.05, 0) is 12.0 Å². The van der Waals surface area contributed by atoms with Crippen LogP contribution in [0.1, 0.15) is 39.0 Å². The average Bonchev–Trinajstić information content (AvgIpc) is 2.91. The van der Waals surface area contributed by atoms with Gasteiger partial charge < -0.3 is 0 Å². The number of aromatic amines is 1. The fourth-order valence-electron chi connectivity index (χ4n) is 2.72. The minimum absolute atomic E-state index is 0.228. The molecule has 1 aromatic rings. The molecule has 0 bridgehead atoms. The van der Waals surface area contributed by atoms with E-state index in [1.807, 2.05) is 18.3 Å². The van der Waals surface area contributed by atoms with Crippen LogP contribution < -0.4 is 0 Å². The lowest BCUT2D eigenvalue weighted by molar-refractivity contribution is 0.351. The van der Waals surface area contributed by atoms with E-state index in [9.17, 15) is 0 Å². The molecule has 0 fully saturated rings. The zero-order chi connectivity index (χ0) is 16.4. The average molecular weight is 294 g/mol. The van der Waals surface area contributed by atoms with Gasteiger partial charge in [0.05, 0.1) is 11.9 Å². The van der Waals surface area contributed by atoms with E-state index in [2.05, 4.69) is 81.4 Å². The Morgan fingerprint density at radius 3 is 2.77 bits per heavy atom. The second-order valence-corrected chi connectivity index (χ2v) is 6.67. The van der Waals surface area contributed by atoms with Gasteiger partial charge in [-0.25, -0.2) is 0 Å². The van der Waals surface area contributed by atoms with Gasteiger partial charge >= 0.3 is 0 Å². The maximum Gasteiger partial charge on any atom is 0.0619 e. The standard InChI is InChI=1S/C20H26N2/c1-7-19(5,13-11-16(4)15(2)3)20(6)12-9-8-10-18-17(20)14-21-22-18/h7-15H,1,4H2,2-3,5-6H3,(H,21,22)/b13-11-. The van der Waals surface area contributed by atoms with E-state index in [1.54, 1.807) is 0 Å². The Morgan fingerprint density at radius 1 is 1.41 bits per heavy atom.